The number of rotatable bonds is 3. The second-order valence-corrected chi connectivity index (χ2v) is 4.21. The maximum Gasteiger partial charge on any atom is 0.134 e. The van der Waals surface area contributed by atoms with Gasteiger partial charge in [-0.3, -0.25) is 5.10 Å². The summed E-state index contributed by atoms with van der Waals surface area (Å²) in [5.74, 6) is 0. The van der Waals surface area contributed by atoms with E-state index >= 15 is 0 Å². The van der Waals surface area contributed by atoms with Crippen molar-refractivity contribution in [1.29, 1.82) is 0 Å². The topological polar surface area (TPSA) is 37.9 Å². The Balaban J connectivity index is 3.05. The predicted molar refractivity (Wildman–Crippen MR) is 55.7 cm³/mol. The van der Waals surface area contributed by atoms with E-state index in [0.29, 0.717) is 6.61 Å². The molecule has 1 aromatic heterocycles. The highest BCUT2D eigenvalue weighted by molar-refractivity contribution is 9.10. The van der Waals surface area contributed by atoms with Crippen molar-refractivity contribution in [3.05, 3.63) is 15.9 Å². The molecule has 0 saturated carbocycles. The first-order valence-electron chi connectivity index (χ1n) is 4.34. The zero-order valence-corrected chi connectivity index (χ0v) is 10.0. The molecule has 4 heteroatoms. The molecule has 0 saturated heterocycles. The van der Waals surface area contributed by atoms with Gasteiger partial charge in [-0.2, -0.15) is 5.10 Å². The van der Waals surface area contributed by atoms with Gasteiger partial charge in [0.2, 0.25) is 0 Å². The van der Waals surface area contributed by atoms with Gasteiger partial charge in [0.05, 0.1) is 5.60 Å². The van der Waals surface area contributed by atoms with Crippen LogP contribution in [0.5, 0.6) is 0 Å². The molecule has 0 spiro atoms. The molecule has 0 aliphatic carbocycles. The second-order valence-electron chi connectivity index (χ2n) is 3.46. The molecule has 1 rings (SSSR count). The fourth-order valence-corrected chi connectivity index (χ4v) is 2.40. The van der Waals surface area contributed by atoms with E-state index in [1.807, 2.05) is 27.7 Å². The van der Waals surface area contributed by atoms with Crippen LogP contribution in [0.4, 0.5) is 0 Å². The van der Waals surface area contributed by atoms with Crippen molar-refractivity contribution in [3.63, 3.8) is 0 Å². The largest absolute Gasteiger partial charge is 0.371 e. The molecule has 3 nitrogen and oxygen atoms in total. The van der Waals surface area contributed by atoms with Crippen molar-refractivity contribution < 1.29 is 4.74 Å². The smallest absolute Gasteiger partial charge is 0.134 e. The highest BCUT2D eigenvalue weighted by atomic mass is 79.9. The van der Waals surface area contributed by atoms with E-state index in [4.69, 9.17) is 4.74 Å². The Hall–Kier alpha value is -0.350. The lowest BCUT2D eigenvalue weighted by molar-refractivity contribution is -0.0149. The van der Waals surface area contributed by atoms with Crippen LogP contribution in [0.3, 0.4) is 0 Å². The van der Waals surface area contributed by atoms with E-state index in [9.17, 15) is 0 Å². The lowest BCUT2D eigenvalue weighted by Gasteiger charge is -2.24. The van der Waals surface area contributed by atoms with Crippen LogP contribution < -0.4 is 0 Å². The first kappa shape index (κ1) is 10.7. The molecule has 0 aliphatic heterocycles. The van der Waals surface area contributed by atoms with Crippen molar-refractivity contribution in [3.8, 4) is 0 Å². The maximum atomic E-state index is 5.65. The summed E-state index contributed by atoms with van der Waals surface area (Å²) in [5, 5.41) is 7.00. The molecule has 1 aromatic rings. The van der Waals surface area contributed by atoms with Gasteiger partial charge in [-0.1, -0.05) is 0 Å². The Bertz CT molecular complexity index is 274. The number of halogens is 1. The molecule has 0 unspecified atom stereocenters. The van der Waals surface area contributed by atoms with E-state index in [2.05, 4.69) is 26.1 Å². The van der Waals surface area contributed by atoms with E-state index < -0.39 is 0 Å². The van der Waals surface area contributed by atoms with E-state index in [0.717, 1.165) is 15.9 Å². The average molecular weight is 247 g/mol. The summed E-state index contributed by atoms with van der Waals surface area (Å²) in [6, 6.07) is 0. The minimum Gasteiger partial charge on any atom is -0.371 e. The molecule has 0 aliphatic rings. The standard InChI is InChI=1S/C9H15BrN2O/c1-5-13-9(3,4)7-6(2)11-12-8(7)10/h5H2,1-4H3,(H,11,12). The molecular weight excluding hydrogens is 232 g/mol. The summed E-state index contributed by atoms with van der Waals surface area (Å²) in [5.41, 5.74) is 1.85. The van der Waals surface area contributed by atoms with Crippen molar-refractivity contribution in [2.75, 3.05) is 6.61 Å². The highest BCUT2D eigenvalue weighted by Gasteiger charge is 2.27. The zero-order valence-electron chi connectivity index (χ0n) is 8.44. The zero-order chi connectivity index (χ0) is 10.1. The number of hydrogen-bond donors (Lipinski definition) is 1. The van der Waals surface area contributed by atoms with E-state index in [-0.39, 0.29) is 5.60 Å². The van der Waals surface area contributed by atoms with Crippen LogP contribution in [-0.4, -0.2) is 16.8 Å². The molecule has 13 heavy (non-hydrogen) atoms. The van der Waals surface area contributed by atoms with Gasteiger partial charge in [-0.25, -0.2) is 0 Å². The van der Waals surface area contributed by atoms with Crippen molar-refractivity contribution >= 4 is 15.9 Å². The SMILES string of the molecule is CCOC(C)(C)c1c(Br)n[nH]c1C. The van der Waals surface area contributed by atoms with E-state index in [1.54, 1.807) is 0 Å². The van der Waals surface area contributed by atoms with Crippen molar-refractivity contribution in [1.82, 2.24) is 10.2 Å². The molecule has 0 bridgehead atoms. The average Bonchev–Trinajstić information content (AvgIpc) is 2.31. The molecule has 0 aromatic carbocycles. The van der Waals surface area contributed by atoms with Crippen molar-refractivity contribution in [2.45, 2.75) is 33.3 Å². The normalized spacial score (nSPS) is 12.1. The third-order valence-electron chi connectivity index (χ3n) is 2.01. The van der Waals surface area contributed by atoms with Gasteiger partial charge in [0.1, 0.15) is 4.60 Å². The molecule has 0 atom stereocenters. The van der Waals surface area contributed by atoms with Gasteiger partial charge >= 0.3 is 0 Å². The quantitative estimate of drug-likeness (QED) is 0.891. The predicted octanol–water partition coefficient (Wildman–Crippen LogP) is 2.75. The summed E-state index contributed by atoms with van der Waals surface area (Å²) in [6.07, 6.45) is 0. The monoisotopic (exact) mass is 246 g/mol. The molecule has 0 radical (unpaired) electrons. The first-order chi connectivity index (χ1) is 5.99. The third-order valence-corrected chi connectivity index (χ3v) is 2.58. The lowest BCUT2D eigenvalue weighted by Crippen LogP contribution is -2.22. The van der Waals surface area contributed by atoms with Gasteiger partial charge in [-0.15, -0.1) is 0 Å². The summed E-state index contributed by atoms with van der Waals surface area (Å²) in [6.45, 7) is 8.77. The lowest BCUT2D eigenvalue weighted by atomic mass is 9.99. The minimum absolute atomic E-state index is 0.287. The fraction of sp³-hybridized carbons (Fsp3) is 0.667. The molecule has 0 amide bonds. The van der Waals surface area contributed by atoms with Crippen LogP contribution in [0.15, 0.2) is 4.60 Å². The van der Waals surface area contributed by atoms with Gasteiger partial charge in [0.25, 0.3) is 0 Å². The van der Waals surface area contributed by atoms with Gasteiger partial charge in [-0.05, 0) is 43.6 Å². The molecule has 74 valence electrons. The van der Waals surface area contributed by atoms with Crippen LogP contribution in [0.1, 0.15) is 32.0 Å². The first-order valence-corrected chi connectivity index (χ1v) is 5.13. The minimum atomic E-state index is -0.287. The summed E-state index contributed by atoms with van der Waals surface area (Å²) in [7, 11) is 0. The number of ether oxygens (including phenoxy) is 1. The Labute approximate surface area is 87.0 Å². The number of aromatic nitrogens is 2. The van der Waals surface area contributed by atoms with Crippen LogP contribution in [0.25, 0.3) is 0 Å². The number of nitrogens with zero attached hydrogens (tertiary/aromatic N) is 1. The maximum absolute atomic E-state index is 5.65. The summed E-state index contributed by atoms with van der Waals surface area (Å²) < 4.78 is 6.48. The second kappa shape index (κ2) is 3.80. The number of aryl methyl sites for hydroxylation is 1. The number of hydrogen-bond acceptors (Lipinski definition) is 2. The fourth-order valence-electron chi connectivity index (χ4n) is 1.53. The highest BCUT2D eigenvalue weighted by Crippen LogP contribution is 2.31. The Morgan fingerprint density at radius 2 is 2.15 bits per heavy atom. The van der Waals surface area contributed by atoms with Gasteiger partial charge < -0.3 is 4.74 Å². The van der Waals surface area contributed by atoms with Crippen LogP contribution >= 0.6 is 15.9 Å². The van der Waals surface area contributed by atoms with E-state index in [1.165, 1.54) is 0 Å². The van der Waals surface area contributed by atoms with Gasteiger partial charge in [0.15, 0.2) is 0 Å². The molecular formula is C9H15BrN2O. The van der Waals surface area contributed by atoms with Crippen LogP contribution in [0.2, 0.25) is 0 Å². The molecule has 1 N–H and O–H groups in total. The Morgan fingerprint density at radius 3 is 2.54 bits per heavy atom. The molecule has 1 heterocycles. The van der Waals surface area contributed by atoms with Crippen molar-refractivity contribution in [2.24, 2.45) is 0 Å². The summed E-state index contributed by atoms with van der Waals surface area (Å²) >= 11 is 3.40. The molecule has 0 fully saturated rings. The van der Waals surface area contributed by atoms with Crippen LogP contribution in [0, 0.1) is 6.92 Å². The Morgan fingerprint density at radius 1 is 1.54 bits per heavy atom. The summed E-state index contributed by atoms with van der Waals surface area (Å²) in [4.78, 5) is 0. The number of H-pyrrole nitrogens is 1. The Kier molecular flexibility index (Phi) is 3.14. The number of nitrogens with one attached hydrogen (secondary N) is 1. The number of aromatic amines is 1. The van der Waals surface area contributed by atoms with Crippen LogP contribution in [-0.2, 0) is 10.3 Å². The van der Waals surface area contributed by atoms with Gasteiger partial charge in [0, 0.05) is 17.9 Å². The third kappa shape index (κ3) is 2.11.